The van der Waals surface area contributed by atoms with Crippen LogP contribution in [0.25, 0.3) is 0 Å². The molecule has 0 rings (SSSR count). The first-order valence-electron chi connectivity index (χ1n) is 4.83. The van der Waals surface area contributed by atoms with Gasteiger partial charge in [0.2, 0.25) is 0 Å². The molecule has 13 heavy (non-hydrogen) atoms. The summed E-state index contributed by atoms with van der Waals surface area (Å²) in [5.74, 6) is 0. The molecule has 1 unspecified atom stereocenters. The van der Waals surface area contributed by atoms with Crippen molar-refractivity contribution in [3.05, 3.63) is 0 Å². The third kappa shape index (κ3) is 5.45. The molecule has 0 heterocycles. The van der Waals surface area contributed by atoms with Gasteiger partial charge in [-0.15, -0.1) is 0 Å². The minimum absolute atomic E-state index is 0.417. The topological polar surface area (TPSA) is 23.6 Å². The van der Waals surface area contributed by atoms with Crippen LogP contribution in [-0.2, 0) is 4.57 Å². The number of rotatable bonds is 6. The van der Waals surface area contributed by atoms with Gasteiger partial charge in [0, 0.05) is 6.16 Å². The van der Waals surface area contributed by atoms with Gasteiger partial charge in [0.1, 0.15) is 0 Å². The van der Waals surface area contributed by atoms with Crippen molar-refractivity contribution in [2.24, 2.45) is 0 Å². The van der Waals surface area contributed by atoms with Crippen molar-refractivity contribution in [3.63, 3.8) is 0 Å². The van der Waals surface area contributed by atoms with Crippen molar-refractivity contribution < 1.29 is 4.57 Å². The summed E-state index contributed by atoms with van der Waals surface area (Å²) in [4.78, 5) is 4.34. The van der Waals surface area contributed by atoms with E-state index in [1.165, 1.54) is 0 Å². The van der Waals surface area contributed by atoms with E-state index in [9.17, 15) is 4.57 Å². The Labute approximate surface area is 82.9 Å². The number of nitrogens with zero attached hydrogens (tertiary/aromatic N) is 2. The molecule has 0 saturated heterocycles. The van der Waals surface area contributed by atoms with Crippen molar-refractivity contribution in [2.75, 3.05) is 40.5 Å². The number of hydrogen-bond acceptors (Lipinski definition) is 3. The lowest BCUT2D eigenvalue weighted by molar-refractivity contribution is 0.126. The fourth-order valence-electron chi connectivity index (χ4n) is 1.45. The molecule has 4 heteroatoms. The largest absolute Gasteiger partial charge is 0.327 e. The lowest BCUT2D eigenvalue weighted by Gasteiger charge is -2.30. The standard InChI is InChI=1S/C9H23N2OP/c1-6-13(12)8-7-9(10(2)3)11(4)5/h9,13H,6-8H2,1-5H3. The normalized spacial score (nSPS) is 14.5. The van der Waals surface area contributed by atoms with E-state index in [-0.39, 0.29) is 0 Å². The fraction of sp³-hybridized carbons (Fsp3) is 1.00. The Morgan fingerprint density at radius 1 is 1.15 bits per heavy atom. The fourth-order valence-corrected chi connectivity index (χ4v) is 2.38. The van der Waals surface area contributed by atoms with Crippen LogP contribution in [0, 0.1) is 0 Å². The molecular formula is C9H23N2OP. The van der Waals surface area contributed by atoms with Gasteiger partial charge in [-0.05, 0) is 40.8 Å². The summed E-state index contributed by atoms with van der Waals surface area (Å²) in [6, 6.07) is 0. The van der Waals surface area contributed by atoms with Gasteiger partial charge in [-0.25, -0.2) is 0 Å². The maximum atomic E-state index is 11.3. The summed E-state index contributed by atoms with van der Waals surface area (Å²) in [6.45, 7) is 2.00. The van der Waals surface area contributed by atoms with Gasteiger partial charge in [-0.1, -0.05) is 6.92 Å². The van der Waals surface area contributed by atoms with Gasteiger partial charge in [0.05, 0.1) is 14.0 Å². The minimum Gasteiger partial charge on any atom is -0.327 e. The van der Waals surface area contributed by atoms with Crippen LogP contribution in [0.2, 0.25) is 0 Å². The first-order valence-corrected chi connectivity index (χ1v) is 6.65. The van der Waals surface area contributed by atoms with Crippen molar-refractivity contribution in [1.29, 1.82) is 0 Å². The highest BCUT2D eigenvalue weighted by molar-refractivity contribution is 7.44. The van der Waals surface area contributed by atoms with Crippen LogP contribution in [0.4, 0.5) is 0 Å². The molecule has 0 aliphatic heterocycles. The highest BCUT2D eigenvalue weighted by atomic mass is 31.1. The van der Waals surface area contributed by atoms with Crippen molar-refractivity contribution in [1.82, 2.24) is 9.80 Å². The Morgan fingerprint density at radius 3 is 1.92 bits per heavy atom. The van der Waals surface area contributed by atoms with Gasteiger partial charge in [-0.3, -0.25) is 9.80 Å². The summed E-state index contributed by atoms with van der Waals surface area (Å²) in [5, 5.41) is 0. The van der Waals surface area contributed by atoms with Crippen molar-refractivity contribution in [3.8, 4) is 0 Å². The highest BCUT2D eigenvalue weighted by Crippen LogP contribution is 2.22. The van der Waals surface area contributed by atoms with E-state index in [0.29, 0.717) is 6.17 Å². The molecular weight excluding hydrogens is 183 g/mol. The second-order valence-corrected chi connectivity index (χ2v) is 6.12. The molecule has 0 aliphatic carbocycles. The van der Waals surface area contributed by atoms with Crippen molar-refractivity contribution >= 4 is 7.80 Å². The Hall–Kier alpha value is 0.150. The van der Waals surface area contributed by atoms with E-state index in [0.717, 1.165) is 18.7 Å². The number of hydrogen-bond donors (Lipinski definition) is 0. The van der Waals surface area contributed by atoms with Crippen LogP contribution in [0.1, 0.15) is 13.3 Å². The smallest absolute Gasteiger partial charge is 0.0760 e. The summed E-state index contributed by atoms with van der Waals surface area (Å²) in [7, 11) is 6.96. The zero-order valence-electron chi connectivity index (χ0n) is 9.50. The zero-order valence-corrected chi connectivity index (χ0v) is 10.5. The van der Waals surface area contributed by atoms with Crippen LogP contribution < -0.4 is 0 Å². The van der Waals surface area contributed by atoms with Gasteiger partial charge >= 0.3 is 0 Å². The SMILES string of the molecule is CC[PH](=O)CCC(N(C)C)N(C)C. The molecule has 0 aromatic carbocycles. The van der Waals surface area contributed by atoms with E-state index in [1.807, 2.05) is 6.92 Å². The molecule has 0 radical (unpaired) electrons. The van der Waals surface area contributed by atoms with Gasteiger partial charge in [0.25, 0.3) is 0 Å². The van der Waals surface area contributed by atoms with E-state index < -0.39 is 7.80 Å². The molecule has 0 spiro atoms. The van der Waals surface area contributed by atoms with Crippen molar-refractivity contribution in [2.45, 2.75) is 19.5 Å². The predicted octanol–water partition coefficient (Wildman–Crippen LogP) is 1.41. The third-order valence-electron chi connectivity index (χ3n) is 2.27. The Morgan fingerprint density at radius 2 is 1.62 bits per heavy atom. The van der Waals surface area contributed by atoms with Gasteiger partial charge in [0.15, 0.2) is 0 Å². The molecule has 0 aromatic rings. The van der Waals surface area contributed by atoms with Crippen LogP contribution in [-0.4, -0.2) is 56.5 Å². The van der Waals surface area contributed by atoms with E-state index >= 15 is 0 Å². The molecule has 0 saturated carbocycles. The van der Waals surface area contributed by atoms with Crippen LogP contribution in [0.15, 0.2) is 0 Å². The third-order valence-corrected chi connectivity index (χ3v) is 3.90. The molecule has 1 atom stereocenters. The monoisotopic (exact) mass is 206 g/mol. The predicted molar refractivity (Wildman–Crippen MR) is 60.2 cm³/mol. The molecule has 0 N–H and O–H groups in total. The van der Waals surface area contributed by atoms with Gasteiger partial charge in [-0.2, -0.15) is 0 Å². The summed E-state index contributed by atoms with van der Waals surface area (Å²) in [5.41, 5.74) is 0. The Kier molecular flexibility index (Phi) is 6.66. The van der Waals surface area contributed by atoms with E-state index in [1.54, 1.807) is 0 Å². The first kappa shape index (κ1) is 13.2. The molecule has 0 fully saturated rings. The Balaban J connectivity index is 3.90. The summed E-state index contributed by atoms with van der Waals surface area (Å²) < 4.78 is 11.3. The Bertz CT molecular complexity index is 152. The lowest BCUT2D eigenvalue weighted by atomic mass is 10.3. The quantitative estimate of drug-likeness (QED) is 0.485. The lowest BCUT2D eigenvalue weighted by Crippen LogP contribution is -2.40. The van der Waals surface area contributed by atoms with Crippen LogP contribution >= 0.6 is 7.80 Å². The van der Waals surface area contributed by atoms with Gasteiger partial charge < -0.3 is 4.57 Å². The van der Waals surface area contributed by atoms with Crippen LogP contribution in [0.3, 0.4) is 0 Å². The molecule has 0 aromatic heterocycles. The molecule has 0 aliphatic rings. The molecule has 80 valence electrons. The highest BCUT2D eigenvalue weighted by Gasteiger charge is 2.13. The van der Waals surface area contributed by atoms with E-state index in [4.69, 9.17) is 0 Å². The second-order valence-electron chi connectivity index (χ2n) is 3.84. The molecule has 0 bridgehead atoms. The second kappa shape index (κ2) is 6.58. The maximum Gasteiger partial charge on any atom is 0.0760 e. The maximum absolute atomic E-state index is 11.3. The first-order chi connectivity index (χ1) is 5.99. The average molecular weight is 206 g/mol. The van der Waals surface area contributed by atoms with Crippen LogP contribution in [0.5, 0.6) is 0 Å². The zero-order chi connectivity index (χ0) is 10.4. The minimum atomic E-state index is -1.29. The summed E-state index contributed by atoms with van der Waals surface area (Å²) >= 11 is 0. The molecule has 0 amide bonds. The average Bonchev–Trinajstić information content (AvgIpc) is 2.03. The summed E-state index contributed by atoms with van der Waals surface area (Å²) in [6.07, 6.45) is 3.15. The molecule has 3 nitrogen and oxygen atoms in total. The van der Waals surface area contributed by atoms with E-state index in [2.05, 4.69) is 38.0 Å².